The lowest BCUT2D eigenvalue weighted by atomic mass is 9.83. The van der Waals surface area contributed by atoms with Gasteiger partial charge < -0.3 is 29.4 Å². The lowest BCUT2D eigenvalue weighted by molar-refractivity contribution is 0.0734. The average molecular weight is 543 g/mol. The fraction of sp³-hybridized carbons (Fsp3) is 0.312. The Labute approximate surface area is 234 Å². The first-order valence-electron chi connectivity index (χ1n) is 13.5. The SMILES string of the molecule is CCCCOc1ccc(C(=O)Oc2ccc3c(c2)OC(N)=C(C#N)C3c2ccc(OCCC)c(OCC)c2)cc1. The van der Waals surface area contributed by atoms with E-state index in [0.717, 1.165) is 24.8 Å². The van der Waals surface area contributed by atoms with Crippen LogP contribution in [0.15, 0.2) is 72.1 Å². The van der Waals surface area contributed by atoms with E-state index in [1.807, 2.05) is 32.0 Å². The molecule has 1 unspecified atom stereocenters. The van der Waals surface area contributed by atoms with Crippen molar-refractivity contribution in [3.63, 3.8) is 0 Å². The second-order valence-electron chi connectivity index (χ2n) is 9.23. The molecule has 0 saturated heterocycles. The normalized spacial score (nSPS) is 14.0. The third kappa shape index (κ3) is 6.49. The molecule has 0 fully saturated rings. The van der Waals surface area contributed by atoms with Crippen LogP contribution in [0.5, 0.6) is 28.7 Å². The molecule has 0 aliphatic carbocycles. The molecule has 8 nitrogen and oxygen atoms in total. The summed E-state index contributed by atoms with van der Waals surface area (Å²) in [5, 5.41) is 9.94. The molecule has 3 aromatic carbocycles. The number of nitrogens with two attached hydrogens (primary N) is 1. The number of carbonyl (C=O) groups is 1. The molecule has 3 aromatic rings. The number of unbranched alkanes of at least 4 members (excludes halogenated alkanes) is 1. The van der Waals surface area contributed by atoms with Crippen molar-refractivity contribution < 1.29 is 28.5 Å². The highest BCUT2D eigenvalue weighted by Gasteiger charge is 2.32. The predicted octanol–water partition coefficient (Wildman–Crippen LogP) is 6.49. The third-order valence-corrected chi connectivity index (χ3v) is 6.32. The number of benzene rings is 3. The van der Waals surface area contributed by atoms with Crippen LogP contribution in [-0.2, 0) is 0 Å². The Hall–Kier alpha value is -4.64. The molecule has 0 bridgehead atoms. The zero-order valence-electron chi connectivity index (χ0n) is 23.1. The lowest BCUT2D eigenvalue weighted by Gasteiger charge is -2.27. The number of nitrogens with zero attached hydrogens (tertiary/aromatic N) is 1. The van der Waals surface area contributed by atoms with Crippen LogP contribution in [0.25, 0.3) is 0 Å². The van der Waals surface area contributed by atoms with Gasteiger partial charge in [-0.25, -0.2) is 4.79 Å². The van der Waals surface area contributed by atoms with E-state index < -0.39 is 11.9 Å². The molecule has 1 heterocycles. The maximum absolute atomic E-state index is 12.8. The van der Waals surface area contributed by atoms with Gasteiger partial charge in [-0.1, -0.05) is 32.4 Å². The van der Waals surface area contributed by atoms with Crippen LogP contribution in [0.3, 0.4) is 0 Å². The molecule has 1 aliphatic rings. The molecule has 208 valence electrons. The molecule has 0 aromatic heterocycles. The Morgan fingerprint density at radius 3 is 2.38 bits per heavy atom. The van der Waals surface area contributed by atoms with Crippen LogP contribution in [0.4, 0.5) is 0 Å². The molecular formula is C32H34N2O6. The third-order valence-electron chi connectivity index (χ3n) is 6.32. The fourth-order valence-corrected chi connectivity index (χ4v) is 4.33. The maximum Gasteiger partial charge on any atom is 0.343 e. The minimum atomic E-state index is -0.516. The van der Waals surface area contributed by atoms with E-state index in [1.165, 1.54) is 0 Å². The number of ether oxygens (including phenoxy) is 5. The molecule has 0 radical (unpaired) electrons. The van der Waals surface area contributed by atoms with Gasteiger partial charge in [0.1, 0.15) is 28.9 Å². The van der Waals surface area contributed by atoms with Gasteiger partial charge >= 0.3 is 5.97 Å². The summed E-state index contributed by atoms with van der Waals surface area (Å²) in [6.45, 7) is 7.69. The molecule has 1 aliphatic heterocycles. The smallest absolute Gasteiger partial charge is 0.343 e. The van der Waals surface area contributed by atoms with Gasteiger partial charge in [0, 0.05) is 11.6 Å². The van der Waals surface area contributed by atoms with Gasteiger partial charge in [0.15, 0.2) is 11.5 Å². The van der Waals surface area contributed by atoms with E-state index in [2.05, 4.69) is 13.0 Å². The van der Waals surface area contributed by atoms with Crippen molar-refractivity contribution in [2.45, 2.75) is 46.0 Å². The summed E-state index contributed by atoms with van der Waals surface area (Å²) in [6, 6.07) is 19.7. The van der Waals surface area contributed by atoms with Crippen LogP contribution in [0.1, 0.15) is 67.4 Å². The van der Waals surface area contributed by atoms with Crippen molar-refractivity contribution in [2.24, 2.45) is 5.73 Å². The highest BCUT2D eigenvalue weighted by Crippen LogP contribution is 2.45. The first kappa shape index (κ1) is 28.4. The Balaban J connectivity index is 1.59. The van der Waals surface area contributed by atoms with Gasteiger partial charge in [0.25, 0.3) is 0 Å². The molecule has 4 rings (SSSR count). The van der Waals surface area contributed by atoms with Crippen LogP contribution in [0.2, 0.25) is 0 Å². The summed E-state index contributed by atoms with van der Waals surface area (Å²) in [5.41, 5.74) is 8.36. The monoisotopic (exact) mass is 542 g/mol. The van der Waals surface area contributed by atoms with Crippen molar-refractivity contribution in [1.82, 2.24) is 0 Å². The Bertz CT molecular complexity index is 1410. The summed E-state index contributed by atoms with van der Waals surface area (Å²) in [7, 11) is 0. The Morgan fingerprint density at radius 2 is 1.68 bits per heavy atom. The second kappa shape index (κ2) is 13.4. The van der Waals surface area contributed by atoms with Crippen molar-refractivity contribution >= 4 is 5.97 Å². The fourth-order valence-electron chi connectivity index (χ4n) is 4.33. The molecule has 2 N–H and O–H groups in total. The van der Waals surface area contributed by atoms with Gasteiger partial charge in [0.2, 0.25) is 5.88 Å². The Morgan fingerprint density at radius 1 is 0.900 bits per heavy atom. The van der Waals surface area contributed by atoms with E-state index in [1.54, 1.807) is 42.5 Å². The molecule has 40 heavy (non-hydrogen) atoms. The number of esters is 1. The summed E-state index contributed by atoms with van der Waals surface area (Å²) < 4.78 is 28.8. The second-order valence-corrected chi connectivity index (χ2v) is 9.23. The summed E-state index contributed by atoms with van der Waals surface area (Å²) in [5.74, 6) is 1.59. The summed E-state index contributed by atoms with van der Waals surface area (Å²) in [4.78, 5) is 12.8. The maximum atomic E-state index is 12.8. The van der Waals surface area contributed by atoms with Crippen LogP contribution in [0, 0.1) is 11.3 Å². The number of fused-ring (bicyclic) bond motifs is 1. The van der Waals surface area contributed by atoms with E-state index in [9.17, 15) is 10.1 Å². The first-order chi connectivity index (χ1) is 19.5. The van der Waals surface area contributed by atoms with E-state index in [0.29, 0.717) is 53.9 Å². The number of carbonyl (C=O) groups excluding carboxylic acids is 1. The largest absolute Gasteiger partial charge is 0.494 e. The van der Waals surface area contributed by atoms with Gasteiger partial charge in [-0.05, 0) is 67.8 Å². The highest BCUT2D eigenvalue weighted by atomic mass is 16.5. The van der Waals surface area contributed by atoms with Crippen molar-refractivity contribution in [3.05, 3.63) is 88.8 Å². The van der Waals surface area contributed by atoms with Crippen LogP contribution < -0.4 is 29.4 Å². The van der Waals surface area contributed by atoms with Crippen molar-refractivity contribution in [2.75, 3.05) is 19.8 Å². The summed E-state index contributed by atoms with van der Waals surface area (Å²) >= 11 is 0. The van der Waals surface area contributed by atoms with Crippen LogP contribution in [-0.4, -0.2) is 25.8 Å². The summed E-state index contributed by atoms with van der Waals surface area (Å²) in [6.07, 6.45) is 2.88. The molecule has 0 amide bonds. The minimum absolute atomic E-state index is 0.00796. The highest BCUT2D eigenvalue weighted by molar-refractivity contribution is 5.91. The van der Waals surface area contributed by atoms with Gasteiger partial charge in [-0.15, -0.1) is 0 Å². The number of nitriles is 1. The van der Waals surface area contributed by atoms with E-state index >= 15 is 0 Å². The molecule has 1 atom stereocenters. The van der Waals surface area contributed by atoms with E-state index in [4.69, 9.17) is 29.4 Å². The standard InChI is InChI=1S/C32H34N2O6/c1-4-7-17-37-23-11-8-21(9-12-23)32(35)39-24-13-14-25-28(19-24)40-31(34)26(20-33)30(25)22-10-15-27(38-16-5-2)29(18-22)36-6-3/h8-15,18-19,30H,4-7,16-17,34H2,1-3H3. The van der Waals surface area contributed by atoms with Crippen molar-refractivity contribution in [1.29, 1.82) is 5.26 Å². The number of rotatable bonds is 12. The van der Waals surface area contributed by atoms with Gasteiger partial charge in [0.05, 0.1) is 31.3 Å². The topological polar surface area (TPSA) is 113 Å². The van der Waals surface area contributed by atoms with Crippen molar-refractivity contribution in [3.8, 4) is 34.8 Å². The minimum Gasteiger partial charge on any atom is -0.494 e. The quantitative estimate of drug-likeness (QED) is 0.157. The van der Waals surface area contributed by atoms with E-state index in [-0.39, 0.29) is 17.2 Å². The molecule has 0 saturated carbocycles. The molecule has 8 heteroatoms. The predicted molar refractivity (Wildman–Crippen MR) is 151 cm³/mol. The average Bonchev–Trinajstić information content (AvgIpc) is 2.96. The zero-order chi connectivity index (χ0) is 28.5. The molecule has 0 spiro atoms. The van der Waals surface area contributed by atoms with Crippen LogP contribution >= 0.6 is 0 Å². The lowest BCUT2D eigenvalue weighted by Crippen LogP contribution is -2.21. The number of hydrogen-bond acceptors (Lipinski definition) is 8. The Kier molecular flexibility index (Phi) is 9.53. The first-order valence-corrected chi connectivity index (χ1v) is 13.5. The zero-order valence-corrected chi connectivity index (χ0v) is 23.1. The number of allylic oxidation sites excluding steroid dienone is 1. The van der Waals surface area contributed by atoms with Gasteiger partial charge in [-0.2, -0.15) is 5.26 Å². The van der Waals surface area contributed by atoms with Gasteiger partial charge in [-0.3, -0.25) is 0 Å². The molecular weight excluding hydrogens is 508 g/mol. The number of hydrogen-bond donors (Lipinski definition) is 1.